The highest BCUT2D eigenvalue weighted by molar-refractivity contribution is 5.80. The van der Waals surface area contributed by atoms with Gasteiger partial charge in [-0.25, -0.2) is 14.4 Å². The van der Waals surface area contributed by atoms with Crippen molar-refractivity contribution in [2.24, 2.45) is 7.05 Å². The molecule has 0 aliphatic carbocycles. The molecule has 4 rings (SSSR count). The first-order chi connectivity index (χ1) is 15.4. The molecule has 0 aliphatic rings. The molecule has 6 heteroatoms. The summed E-state index contributed by atoms with van der Waals surface area (Å²) < 4.78 is 16.1. The number of pyridine rings is 1. The summed E-state index contributed by atoms with van der Waals surface area (Å²) in [5.74, 6) is 1.41. The van der Waals surface area contributed by atoms with E-state index in [9.17, 15) is 4.39 Å². The van der Waals surface area contributed by atoms with E-state index in [-0.39, 0.29) is 11.9 Å². The maximum absolute atomic E-state index is 14.0. The topological polar surface area (TPSA) is 46.0 Å². The van der Waals surface area contributed by atoms with Crippen molar-refractivity contribution in [1.82, 2.24) is 19.4 Å². The average molecular weight is 430 g/mol. The van der Waals surface area contributed by atoms with Gasteiger partial charge >= 0.3 is 0 Å². The number of rotatable bonds is 7. The van der Waals surface area contributed by atoms with Gasteiger partial charge in [0.15, 0.2) is 0 Å². The number of benzene rings is 2. The van der Waals surface area contributed by atoms with E-state index in [4.69, 9.17) is 4.98 Å². The monoisotopic (exact) mass is 429 g/mol. The number of imidazole rings is 1. The predicted octanol–water partition coefficient (Wildman–Crippen LogP) is 5.52. The molecule has 0 saturated heterocycles. The first-order valence-electron chi connectivity index (χ1n) is 10.7. The Labute approximate surface area is 188 Å². The SMILES string of the molecule is C[C@H](Nc1cc(-c2c(-c3cccc(F)c3)nc(CN(C)C)n2C)ccn1)c1ccccc1. The lowest BCUT2D eigenvalue weighted by Crippen LogP contribution is -2.14. The Morgan fingerprint density at radius 1 is 1.00 bits per heavy atom. The van der Waals surface area contributed by atoms with E-state index in [0.717, 1.165) is 34.2 Å². The van der Waals surface area contributed by atoms with Gasteiger partial charge in [0.2, 0.25) is 0 Å². The average Bonchev–Trinajstić information content (AvgIpc) is 3.10. The number of aromatic nitrogens is 3. The van der Waals surface area contributed by atoms with E-state index in [2.05, 4.69) is 38.8 Å². The lowest BCUT2D eigenvalue weighted by molar-refractivity contribution is 0.385. The van der Waals surface area contributed by atoms with Crippen molar-refractivity contribution in [3.8, 4) is 22.5 Å². The van der Waals surface area contributed by atoms with Crippen molar-refractivity contribution in [1.29, 1.82) is 0 Å². The van der Waals surface area contributed by atoms with Crippen LogP contribution in [0.3, 0.4) is 0 Å². The highest BCUT2D eigenvalue weighted by Crippen LogP contribution is 2.34. The number of nitrogens with zero attached hydrogens (tertiary/aromatic N) is 4. The maximum atomic E-state index is 14.0. The third-order valence-electron chi connectivity index (χ3n) is 5.44. The Kier molecular flexibility index (Phi) is 6.32. The molecule has 1 N–H and O–H groups in total. The van der Waals surface area contributed by atoms with Crippen molar-refractivity contribution in [3.63, 3.8) is 0 Å². The minimum absolute atomic E-state index is 0.109. The maximum Gasteiger partial charge on any atom is 0.127 e. The van der Waals surface area contributed by atoms with Crippen LogP contribution in [-0.2, 0) is 13.6 Å². The van der Waals surface area contributed by atoms with Crippen LogP contribution in [0.25, 0.3) is 22.5 Å². The Hall–Kier alpha value is -3.51. The van der Waals surface area contributed by atoms with Gasteiger partial charge in [-0.3, -0.25) is 0 Å². The molecule has 0 bridgehead atoms. The Morgan fingerprint density at radius 3 is 2.50 bits per heavy atom. The van der Waals surface area contributed by atoms with Gasteiger partial charge in [-0.05, 0) is 50.8 Å². The van der Waals surface area contributed by atoms with Crippen LogP contribution < -0.4 is 5.32 Å². The molecule has 0 spiro atoms. The molecule has 5 nitrogen and oxygen atoms in total. The molecule has 0 amide bonds. The van der Waals surface area contributed by atoms with E-state index in [1.54, 1.807) is 12.3 Å². The molecule has 0 fully saturated rings. The standard InChI is InChI=1S/C26H28FN5/c1-18(19-9-6-5-7-10-19)29-23-16-21(13-14-28-23)26-25(20-11-8-12-22(27)15-20)30-24(32(26)4)17-31(2)3/h5-16,18H,17H2,1-4H3,(H,28,29)/t18-/m0/s1. The highest BCUT2D eigenvalue weighted by atomic mass is 19.1. The molecule has 2 aromatic heterocycles. The van der Waals surface area contributed by atoms with Crippen LogP contribution in [0.5, 0.6) is 0 Å². The van der Waals surface area contributed by atoms with Gasteiger partial charge in [0, 0.05) is 30.4 Å². The van der Waals surface area contributed by atoms with Gasteiger partial charge in [0.05, 0.1) is 17.9 Å². The minimum atomic E-state index is -0.276. The molecular formula is C26H28FN5. The first-order valence-corrected chi connectivity index (χ1v) is 10.7. The zero-order valence-corrected chi connectivity index (χ0v) is 18.9. The third-order valence-corrected chi connectivity index (χ3v) is 5.44. The molecule has 32 heavy (non-hydrogen) atoms. The second-order valence-corrected chi connectivity index (χ2v) is 8.24. The molecule has 4 aromatic rings. The molecule has 2 aromatic carbocycles. The molecule has 164 valence electrons. The number of nitrogens with one attached hydrogen (secondary N) is 1. The fourth-order valence-corrected chi connectivity index (χ4v) is 3.84. The highest BCUT2D eigenvalue weighted by Gasteiger charge is 2.19. The molecule has 0 unspecified atom stereocenters. The predicted molar refractivity (Wildman–Crippen MR) is 128 cm³/mol. The minimum Gasteiger partial charge on any atom is -0.364 e. The number of hydrogen-bond acceptors (Lipinski definition) is 4. The number of anilines is 1. The van der Waals surface area contributed by atoms with Crippen LogP contribution in [-0.4, -0.2) is 33.5 Å². The van der Waals surface area contributed by atoms with Crippen LogP contribution in [0, 0.1) is 5.82 Å². The van der Waals surface area contributed by atoms with Crippen molar-refractivity contribution in [2.45, 2.75) is 19.5 Å². The van der Waals surface area contributed by atoms with Gasteiger partial charge in [0.25, 0.3) is 0 Å². The van der Waals surface area contributed by atoms with Crippen molar-refractivity contribution in [3.05, 3.63) is 90.1 Å². The summed E-state index contributed by atoms with van der Waals surface area (Å²) >= 11 is 0. The van der Waals surface area contributed by atoms with E-state index in [1.807, 2.05) is 57.5 Å². The van der Waals surface area contributed by atoms with Crippen LogP contribution in [0.15, 0.2) is 72.9 Å². The summed E-state index contributed by atoms with van der Waals surface area (Å²) in [6, 6.07) is 21.0. The van der Waals surface area contributed by atoms with E-state index in [1.165, 1.54) is 17.7 Å². The van der Waals surface area contributed by atoms with Crippen LogP contribution >= 0.6 is 0 Å². The quantitative estimate of drug-likeness (QED) is 0.420. The summed E-state index contributed by atoms with van der Waals surface area (Å²) in [7, 11) is 6.02. The normalized spacial score (nSPS) is 12.2. The molecule has 0 saturated carbocycles. The van der Waals surface area contributed by atoms with Crippen molar-refractivity contribution < 1.29 is 4.39 Å². The second-order valence-electron chi connectivity index (χ2n) is 8.24. The Morgan fingerprint density at radius 2 is 1.78 bits per heavy atom. The number of halogens is 1. The van der Waals surface area contributed by atoms with Crippen molar-refractivity contribution >= 4 is 5.82 Å². The second kappa shape index (κ2) is 9.32. The largest absolute Gasteiger partial charge is 0.364 e. The Balaban J connectivity index is 1.75. The first kappa shape index (κ1) is 21.7. The summed E-state index contributed by atoms with van der Waals surface area (Å²) in [4.78, 5) is 11.5. The van der Waals surface area contributed by atoms with E-state index in [0.29, 0.717) is 6.54 Å². The number of hydrogen-bond donors (Lipinski definition) is 1. The fraction of sp³-hybridized carbons (Fsp3) is 0.231. The Bertz CT molecular complexity index is 1200. The molecular weight excluding hydrogens is 401 g/mol. The van der Waals surface area contributed by atoms with E-state index >= 15 is 0 Å². The lowest BCUT2D eigenvalue weighted by Gasteiger charge is -2.16. The molecule has 0 aliphatic heterocycles. The smallest absolute Gasteiger partial charge is 0.127 e. The summed E-state index contributed by atoms with van der Waals surface area (Å²) in [6.07, 6.45) is 1.79. The zero-order chi connectivity index (χ0) is 22.7. The lowest BCUT2D eigenvalue weighted by atomic mass is 10.0. The van der Waals surface area contributed by atoms with E-state index < -0.39 is 0 Å². The third kappa shape index (κ3) is 4.70. The van der Waals surface area contributed by atoms with Gasteiger partial charge in [-0.2, -0.15) is 0 Å². The van der Waals surface area contributed by atoms with Crippen LogP contribution in [0.1, 0.15) is 24.4 Å². The van der Waals surface area contributed by atoms with Crippen molar-refractivity contribution in [2.75, 3.05) is 19.4 Å². The summed E-state index contributed by atoms with van der Waals surface area (Å²) in [5, 5.41) is 3.49. The van der Waals surface area contributed by atoms with Crippen LogP contribution in [0.2, 0.25) is 0 Å². The van der Waals surface area contributed by atoms with Gasteiger partial charge in [-0.1, -0.05) is 42.5 Å². The summed E-state index contributed by atoms with van der Waals surface area (Å²) in [6.45, 7) is 2.79. The summed E-state index contributed by atoms with van der Waals surface area (Å²) in [5.41, 5.74) is 4.61. The molecule has 2 heterocycles. The molecule has 0 radical (unpaired) electrons. The van der Waals surface area contributed by atoms with Gasteiger partial charge in [-0.15, -0.1) is 0 Å². The fourth-order valence-electron chi connectivity index (χ4n) is 3.84. The van der Waals surface area contributed by atoms with Crippen LogP contribution in [0.4, 0.5) is 10.2 Å². The molecule has 1 atom stereocenters. The zero-order valence-electron chi connectivity index (χ0n) is 18.9. The van der Waals surface area contributed by atoms with Gasteiger partial charge < -0.3 is 14.8 Å². The van der Waals surface area contributed by atoms with Gasteiger partial charge in [0.1, 0.15) is 17.5 Å².